The zero-order valence-electron chi connectivity index (χ0n) is 13.1. The van der Waals surface area contributed by atoms with Gasteiger partial charge in [0.05, 0.1) is 12.4 Å². The highest BCUT2D eigenvalue weighted by Crippen LogP contribution is 2.18. The molecule has 0 aromatic rings. The van der Waals surface area contributed by atoms with Crippen LogP contribution in [0.4, 0.5) is 0 Å². The molecule has 1 nitrogen and oxygen atoms in total. The molecule has 0 radical (unpaired) electrons. The first-order valence-electron chi connectivity index (χ1n) is 8.75. The summed E-state index contributed by atoms with van der Waals surface area (Å²) in [6.45, 7) is 3.21. The Hall–Kier alpha value is -0.460. The molecular weight excluding hydrogens is 232 g/mol. The maximum absolute atomic E-state index is 5.51. The molecule has 1 aliphatic heterocycles. The van der Waals surface area contributed by atoms with Gasteiger partial charge in [0, 0.05) is 12.8 Å². The lowest BCUT2D eigenvalue weighted by Gasteiger charge is -2.04. The number of unbranched alkanes of at least 4 members (excludes halogenated alkanes) is 11. The van der Waals surface area contributed by atoms with Gasteiger partial charge < -0.3 is 4.74 Å². The highest BCUT2D eigenvalue weighted by molar-refractivity contribution is 4.97. The van der Waals surface area contributed by atoms with Gasteiger partial charge in [0.2, 0.25) is 0 Å². The third-order valence-electron chi connectivity index (χ3n) is 4.05. The lowest BCUT2D eigenvalue weighted by atomic mass is 10.0. The minimum atomic E-state index is 0.924. The van der Waals surface area contributed by atoms with Crippen molar-refractivity contribution in [3.8, 4) is 0 Å². The molecule has 1 aliphatic rings. The van der Waals surface area contributed by atoms with Crippen LogP contribution in [0, 0.1) is 0 Å². The van der Waals surface area contributed by atoms with E-state index in [9.17, 15) is 0 Å². The van der Waals surface area contributed by atoms with Crippen LogP contribution in [0.15, 0.2) is 11.8 Å². The molecule has 1 heteroatoms. The smallest absolute Gasteiger partial charge is 0.0921 e. The zero-order valence-corrected chi connectivity index (χ0v) is 13.1. The molecular formula is C18H34O. The minimum absolute atomic E-state index is 0.924. The van der Waals surface area contributed by atoms with E-state index in [4.69, 9.17) is 4.74 Å². The van der Waals surface area contributed by atoms with Crippen molar-refractivity contribution in [1.82, 2.24) is 0 Å². The molecule has 0 bridgehead atoms. The quantitative estimate of drug-likeness (QED) is 0.351. The topological polar surface area (TPSA) is 9.23 Å². The Morgan fingerprint density at radius 3 is 1.79 bits per heavy atom. The van der Waals surface area contributed by atoms with Crippen LogP contribution in [0.3, 0.4) is 0 Å². The molecule has 0 saturated carbocycles. The molecule has 0 aromatic heterocycles. The second kappa shape index (κ2) is 12.6. The molecule has 0 atom stereocenters. The molecule has 0 aromatic carbocycles. The maximum atomic E-state index is 5.51. The summed E-state index contributed by atoms with van der Waals surface area (Å²) in [4.78, 5) is 0. The summed E-state index contributed by atoms with van der Waals surface area (Å²) < 4.78 is 5.51. The Kier molecular flexibility index (Phi) is 11.0. The van der Waals surface area contributed by atoms with E-state index in [1.54, 1.807) is 0 Å². The largest absolute Gasteiger partial charge is 0.498 e. The number of ether oxygens (including phenoxy) is 1. The van der Waals surface area contributed by atoms with E-state index in [2.05, 4.69) is 13.0 Å². The molecule has 0 spiro atoms. The van der Waals surface area contributed by atoms with Gasteiger partial charge in [-0.1, -0.05) is 77.6 Å². The van der Waals surface area contributed by atoms with Gasteiger partial charge >= 0.3 is 0 Å². The fraction of sp³-hybridized carbons (Fsp3) is 0.889. The second-order valence-electron chi connectivity index (χ2n) is 5.95. The summed E-state index contributed by atoms with van der Waals surface area (Å²) in [6.07, 6.45) is 21.7. The highest BCUT2D eigenvalue weighted by atomic mass is 16.5. The molecule has 1 rings (SSSR count). The molecule has 0 aliphatic carbocycles. The summed E-state index contributed by atoms with van der Waals surface area (Å²) in [5.41, 5.74) is 0. The predicted molar refractivity (Wildman–Crippen MR) is 84.3 cm³/mol. The molecule has 0 N–H and O–H groups in total. The molecule has 0 amide bonds. The Morgan fingerprint density at radius 2 is 1.32 bits per heavy atom. The van der Waals surface area contributed by atoms with Crippen LogP contribution in [0.1, 0.15) is 96.8 Å². The monoisotopic (exact) mass is 266 g/mol. The van der Waals surface area contributed by atoms with Crippen LogP contribution in [-0.2, 0) is 4.74 Å². The maximum Gasteiger partial charge on any atom is 0.0921 e. The van der Waals surface area contributed by atoms with Crippen molar-refractivity contribution >= 4 is 0 Å². The summed E-state index contributed by atoms with van der Waals surface area (Å²) in [7, 11) is 0. The van der Waals surface area contributed by atoms with Gasteiger partial charge in [0.15, 0.2) is 0 Å². The van der Waals surface area contributed by atoms with Crippen molar-refractivity contribution in [3.63, 3.8) is 0 Å². The lowest BCUT2D eigenvalue weighted by molar-refractivity contribution is 0.232. The Morgan fingerprint density at radius 1 is 0.789 bits per heavy atom. The third-order valence-corrected chi connectivity index (χ3v) is 4.05. The summed E-state index contributed by atoms with van der Waals surface area (Å²) >= 11 is 0. The van der Waals surface area contributed by atoms with Crippen LogP contribution < -0.4 is 0 Å². The Labute approximate surface area is 120 Å². The van der Waals surface area contributed by atoms with Gasteiger partial charge in [-0.15, -0.1) is 0 Å². The number of hydrogen-bond donors (Lipinski definition) is 0. The van der Waals surface area contributed by atoms with Crippen molar-refractivity contribution in [2.75, 3.05) is 6.61 Å². The van der Waals surface area contributed by atoms with E-state index in [1.165, 1.54) is 89.2 Å². The zero-order chi connectivity index (χ0) is 13.6. The summed E-state index contributed by atoms with van der Waals surface area (Å²) in [5, 5.41) is 0. The summed E-state index contributed by atoms with van der Waals surface area (Å²) in [5.74, 6) is 1.26. The van der Waals surface area contributed by atoms with E-state index in [0.717, 1.165) is 13.0 Å². The van der Waals surface area contributed by atoms with Gasteiger partial charge in [0.1, 0.15) is 0 Å². The lowest BCUT2D eigenvalue weighted by Crippen LogP contribution is -1.86. The highest BCUT2D eigenvalue weighted by Gasteiger charge is 2.03. The normalized spacial score (nSPS) is 14.5. The van der Waals surface area contributed by atoms with E-state index < -0.39 is 0 Å². The van der Waals surface area contributed by atoms with Gasteiger partial charge in [-0.05, 0) is 12.5 Å². The van der Waals surface area contributed by atoms with Crippen LogP contribution in [0.25, 0.3) is 0 Å². The van der Waals surface area contributed by atoms with E-state index in [1.807, 2.05) is 0 Å². The average Bonchev–Trinajstić information content (AvgIpc) is 2.93. The van der Waals surface area contributed by atoms with Crippen LogP contribution >= 0.6 is 0 Å². The SMILES string of the molecule is CCCCCCCCCCCCCCC1=CCCO1. The molecule has 19 heavy (non-hydrogen) atoms. The first-order chi connectivity index (χ1) is 9.43. The Balaban J connectivity index is 1.69. The Bertz CT molecular complexity index is 220. The van der Waals surface area contributed by atoms with Gasteiger partial charge in [-0.25, -0.2) is 0 Å². The predicted octanol–water partition coefficient (Wildman–Crippen LogP) is 6.38. The standard InChI is InChI=1S/C18H34O/c1-2-3-4-5-6-7-8-9-10-11-12-13-15-18-16-14-17-19-18/h16H,2-15,17H2,1H3. The van der Waals surface area contributed by atoms with Crippen molar-refractivity contribution in [2.45, 2.75) is 96.8 Å². The van der Waals surface area contributed by atoms with E-state index in [-0.39, 0.29) is 0 Å². The van der Waals surface area contributed by atoms with Crippen LogP contribution in [0.5, 0.6) is 0 Å². The van der Waals surface area contributed by atoms with Gasteiger partial charge in [0.25, 0.3) is 0 Å². The molecule has 0 saturated heterocycles. The van der Waals surface area contributed by atoms with Crippen LogP contribution in [0.2, 0.25) is 0 Å². The van der Waals surface area contributed by atoms with E-state index in [0.29, 0.717) is 0 Å². The molecule has 0 unspecified atom stereocenters. The average molecular weight is 266 g/mol. The van der Waals surface area contributed by atoms with Crippen molar-refractivity contribution in [1.29, 1.82) is 0 Å². The first-order valence-corrected chi connectivity index (χ1v) is 8.75. The minimum Gasteiger partial charge on any atom is -0.498 e. The fourth-order valence-electron chi connectivity index (χ4n) is 2.78. The molecule has 112 valence electrons. The van der Waals surface area contributed by atoms with Crippen molar-refractivity contribution in [3.05, 3.63) is 11.8 Å². The van der Waals surface area contributed by atoms with E-state index >= 15 is 0 Å². The fourth-order valence-corrected chi connectivity index (χ4v) is 2.78. The number of rotatable bonds is 13. The van der Waals surface area contributed by atoms with Gasteiger partial charge in [-0.3, -0.25) is 0 Å². The van der Waals surface area contributed by atoms with Crippen molar-refractivity contribution < 1.29 is 4.74 Å². The molecule has 1 heterocycles. The molecule has 0 fully saturated rings. The van der Waals surface area contributed by atoms with Crippen molar-refractivity contribution in [2.24, 2.45) is 0 Å². The number of allylic oxidation sites excluding steroid dienone is 1. The third kappa shape index (κ3) is 10.0. The number of hydrogen-bond acceptors (Lipinski definition) is 1. The summed E-state index contributed by atoms with van der Waals surface area (Å²) in [6, 6.07) is 0. The second-order valence-corrected chi connectivity index (χ2v) is 5.95. The van der Waals surface area contributed by atoms with Crippen LogP contribution in [-0.4, -0.2) is 6.61 Å². The first kappa shape index (κ1) is 16.6. The van der Waals surface area contributed by atoms with Gasteiger partial charge in [-0.2, -0.15) is 0 Å².